The van der Waals surface area contributed by atoms with Crippen molar-refractivity contribution >= 4 is 22.1 Å². The molecule has 1 saturated carbocycles. The molecule has 1 fully saturated rings. The van der Waals surface area contributed by atoms with E-state index in [2.05, 4.69) is 10.3 Å². The lowest BCUT2D eigenvalue weighted by Gasteiger charge is -2.31. The van der Waals surface area contributed by atoms with Crippen LogP contribution in [0, 0.1) is 5.92 Å². The fourth-order valence-corrected chi connectivity index (χ4v) is 2.49. The Kier molecular flexibility index (Phi) is 2.80. The van der Waals surface area contributed by atoms with Crippen LogP contribution in [0.4, 0.5) is 11.4 Å². The third-order valence-corrected chi connectivity index (χ3v) is 3.64. The van der Waals surface area contributed by atoms with Gasteiger partial charge in [-0.15, -0.1) is 0 Å². The molecule has 18 heavy (non-hydrogen) atoms. The molecular weight excluding hydrogens is 226 g/mol. The second-order valence-electron chi connectivity index (χ2n) is 5.00. The predicted octanol–water partition coefficient (Wildman–Crippen LogP) is 2.00. The summed E-state index contributed by atoms with van der Waals surface area (Å²) in [5, 5.41) is 14.8. The minimum atomic E-state index is -0.0957. The smallest absolute Gasteiger partial charge is 0.0546 e. The molecule has 0 saturated heterocycles. The average Bonchev–Trinajstić information content (AvgIpc) is 2.36. The van der Waals surface area contributed by atoms with Crippen molar-refractivity contribution in [2.45, 2.75) is 18.9 Å². The highest BCUT2D eigenvalue weighted by Gasteiger charge is 2.26. The molecule has 1 aliphatic rings. The van der Waals surface area contributed by atoms with E-state index in [0.29, 0.717) is 5.92 Å². The van der Waals surface area contributed by atoms with Gasteiger partial charge in [-0.3, -0.25) is 4.98 Å². The van der Waals surface area contributed by atoms with Gasteiger partial charge >= 0.3 is 0 Å². The van der Waals surface area contributed by atoms with E-state index in [1.807, 2.05) is 24.4 Å². The normalized spacial score (nSPS) is 22.7. The minimum Gasteiger partial charge on any atom is -0.398 e. The maximum Gasteiger partial charge on any atom is 0.0546 e. The molecule has 4 N–H and O–H groups in total. The first kappa shape index (κ1) is 11.3. The summed E-state index contributed by atoms with van der Waals surface area (Å²) in [6.07, 6.45) is 5.30. The maximum atomic E-state index is 9.27. The van der Waals surface area contributed by atoms with Gasteiger partial charge in [-0.1, -0.05) is 0 Å². The zero-order chi connectivity index (χ0) is 12.5. The van der Waals surface area contributed by atoms with Crippen molar-refractivity contribution in [1.29, 1.82) is 0 Å². The highest BCUT2D eigenvalue weighted by atomic mass is 16.3. The minimum absolute atomic E-state index is 0.0957. The van der Waals surface area contributed by atoms with Gasteiger partial charge in [0, 0.05) is 41.1 Å². The summed E-state index contributed by atoms with van der Waals surface area (Å²) >= 11 is 0. The molecule has 1 aromatic heterocycles. The highest BCUT2D eigenvalue weighted by molar-refractivity contribution is 6.00. The van der Waals surface area contributed by atoms with E-state index in [1.165, 1.54) is 0 Å². The lowest BCUT2D eigenvalue weighted by atomic mass is 9.82. The quantitative estimate of drug-likeness (QED) is 0.721. The van der Waals surface area contributed by atoms with Gasteiger partial charge in [0.15, 0.2) is 0 Å². The SMILES string of the molecule is Nc1ccc(NCC2CC(O)C2)c2cnccc12. The first-order chi connectivity index (χ1) is 8.74. The van der Waals surface area contributed by atoms with Crippen LogP contribution in [0.1, 0.15) is 12.8 Å². The number of hydrogen-bond acceptors (Lipinski definition) is 4. The van der Waals surface area contributed by atoms with Crippen molar-refractivity contribution in [3.8, 4) is 0 Å². The van der Waals surface area contributed by atoms with E-state index < -0.39 is 0 Å². The number of hydrogen-bond donors (Lipinski definition) is 3. The summed E-state index contributed by atoms with van der Waals surface area (Å²) in [7, 11) is 0. The molecule has 0 amide bonds. The molecule has 3 rings (SSSR count). The number of rotatable bonds is 3. The predicted molar refractivity (Wildman–Crippen MR) is 73.4 cm³/mol. The molecule has 4 heteroatoms. The fraction of sp³-hybridized carbons (Fsp3) is 0.357. The first-order valence-corrected chi connectivity index (χ1v) is 6.28. The number of aliphatic hydroxyl groups excluding tert-OH is 1. The number of fused-ring (bicyclic) bond motifs is 1. The number of nitrogens with two attached hydrogens (primary N) is 1. The van der Waals surface area contributed by atoms with Gasteiger partial charge in [0.05, 0.1) is 6.10 Å². The summed E-state index contributed by atoms with van der Waals surface area (Å²) in [5.41, 5.74) is 7.79. The van der Waals surface area contributed by atoms with Crippen LogP contribution in [0.15, 0.2) is 30.6 Å². The van der Waals surface area contributed by atoms with E-state index >= 15 is 0 Å². The van der Waals surface area contributed by atoms with Crippen molar-refractivity contribution in [3.63, 3.8) is 0 Å². The highest BCUT2D eigenvalue weighted by Crippen LogP contribution is 2.30. The number of benzene rings is 1. The summed E-state index contributed by atoms with van der Waals surface area (Å²) in [5.74, 6) is 0.573. The second-order valence-corrected chi connectivity index (χ2v) is 5.00. The van der Waals surface area contributed by atoms with Crippen LogP contribution in [0.25, 0.3) is 10.8 Å². The van der Waals surface area contributed by atoms with Gasteiger partial charge < -0.3 is 16.2 Å². The molecular formula is C14H17N3O. The Hall–Kier alpha value is -1.81. The summed E-state index contributed by atoms with van der Waals surface area (Å²) < 4.78 is 0. The molecule has 2 aromatic rings. The topological polar surface area (TPSA) is 71.2 Å². The molecule has 1 aliphatic carbocycles. The van der Waals surface area contributed by atoms with Crippen LogP contribution in [0.2, 0.25) is 0 Å². The van der Waals surface area contributed by atoms with Gasteiger partial charge in [-0.25, -0.2) is 0 Å². The number of anilines is 2. The summed E-state index contributed by atoms with van der Waals surface area (Å²) in [4.78, 5) is 4.15. The Labute approximate surface area is 106 Å². The first-order valence-electron chi connectivity index (χ1n) is 6.28. The van der Waals surface area contributed by atoms with Crippen LogP contribution < -0.4 is 11.1 Å². The van der Waals surface area contributed by atoms with Gasteiger partial charge in [0.25, 0.3) is 0 Å². The number of aromatic nitrogens is 1. The third-order valence-electron chi connectivity index (χ3n) is 3.64. The fourth-order valence-electron chi connectivity index (χ4n) is 2.49. The van der Waals surface area contributed by atoms with Crippen LogP contribution >= 0.6 is 0 Å². The molecule has 0 bridgehead atoms. The molecule has 4 nitrogen and oxygen atoms in total. The summed E-state index contributed by atoms with van der Waals surface area (Å²) in [6, 6.07) is 5.84. The largest absolute Gasteiger partial charge is 0.398 e. The van der Waals surface area contributed by atoms with Crippen LogP contribution in [0.5, 0.6) is 0 Å². The average molecular weight is 243 g/mol. The van der Waals surface area contributed by atoms with Crippen molar-refractivity contribution in [1.82, 2.24) is 4.98 Å². The van der Waals surface area contributed by atoms with E-state index in [1.54, 1.807) is 6.20 Å². The Morgan fingerprint density at radius 2 is 2.11 bits per heavy atom. The van der Waals surface area contributed by atoms with E-state index in [4.69, 9.17) is 5.73 Å². The van der Waals surface area contributed by atoms with Gasteiger partial charge in [0.2, 0.25) is 0 Å². The standard InChI is InChI=1S/C14H17N3O/c15-13-1-2-14(12-8-16-4-3-11(12)13)17-7-9-5-10(18)6-9/h1-4,8-10,17-18H,5-7,15H2. The maximum absolute atomic E-state index is 9.27. The number of nitrogens with zero attached hydrogens (tertiary/aromatic N) is 1. The van der Waals surface area contributed by atoms with Crippen LogP contribution in [-0.2, 0) is 0 Å². The van der Waals surface area contributed by atoms with E-state index in [-0.39, 0.29) is 6.10 Å². The summed E-state index contributed by atoms with van der Waals surface area (Å²) in [6.45, 7) is 0.894. The molecule has 1 heterocycles. The van der Waals surface area contributed by atoms with Crippen molar-refractivity contribution in [3.05, 3.63) is 30.6 Å². The number of pyridine rings is 1. The van der Waals surface area contributed by atoms with E-state index in [0.717, 1.165) is 41.5 Å². The van der Waals surface area contributed by atoms with Crippen molar-refractivity contribution < 1.29 is 5.11 Å². The number of nitrogen functional groups attached to an aromatic ring is 1. The molecule has 1 aromatic carbocycles. The zero-order valence-corrected chi connectivity index (χ0v) is 10.1. The number of aliphatic hydroxyl groups is 1. The third kappa shape index (κ3) is 1.99. The molecule has 0 spiro atoms. The van der Waals surface area contributed by atoms with Gasteiger partial charge in [0.1, 0.15) is 0 Å². The zero-order valence-electron chi connectivity index (χ0n) is 10.1. The Balaban J connectivity index is 1.81. The molecule has 0 atom stereocenters. The number of nitrogens with one attached hydrogen (secondary N) is 1. The van der Waals surface area contributed by atoms with Gasteiger partial charge in [-0.05, 0) is 37.0 Å². The van der Waals surface area contributed by atoms with Crippen molar-refractivity contribution in [2.75, 3.05) is 17.6 Å². The molecule has 0 aliphatic heterocycles. The molecule has 0 radical (unpaired) electrons. The van der Waals surface area contributed by atoms with E-state index in [9.17, 15) is 5.11 Å². The Bertz CT molecular complexity index is 564. The molecule has 94 valence electrons. The Morgan fingerprint density at radius 1 is 1.28 bits per heavy atom. The lowest BCUT2D eigenvalue weighted by molar-refractivity contribution is 0.0487. The van der Waals surface area contributed by atoms with Crippen molar-refractivity contribution in [2.24, 2.45) is 5.92 Å². The lowest BCUT2D eigenvalue weighted by Crippen LogP contribution is -2.33. The van der Waals surface area contributed by atoms with Gasteiger partial charge in [-0.2, -0.15) is 0 Å². The second kappa shape index (κ2) is 4.46. The monoisotopic (exact) mass is 243 g/mol. The Morgan fingerprint density at radius 3 is 2.89 bits per heavy atom. The van der Waals surface area contributed by atoms with Crippen LogP contribution in [-0.4, -0.2) is 22.7 Å². The molecule has 0 unspecified atom stereocenters. The van der Waals surface area contributed by atoms with Crippen LogP contribution in [0.3, 0.4) is 0 Å².